The Morgan fingerprint density at radius 2 is 2.40 bits per heavy atom. The average Bonchev–Trinajstić information content (AvgIpc) is 2.59. The molecule has 0 aliphatic carbocycles. The Bertz CT molecular complexity index is 512. The van der Waals surface area contributed by atoms with Crippen molar-refractivity contribution in [1.29, 1.82) is 0 Å². The third kappa shape index (κ3) is 2.61. The molecule has 0 aliphatic rings. The van der Waals surface area contributed by atoms with Crippen LogP contribution in [0.15, 0.2) is 22.5 Å². The highest BCUT2D eigenvalue weighted by Crippen LogP contribution is 2.32. The number of thiazole rings is 1. The molecule has 0 radical (unpaired) electrons. The van der Waals surface area contributed by atoms with Gasteiger partial charge >= 0.3 is 5.97 Å². The van der Waals surface area contributed by atoms with Crippen LogP contribution in [0.4, 0.5) is 0 Å². The average molecular weight is 351 g/mol. The van der Waals surface area contributed by atoms with Crippen molar-refractivity contribution < 1.29 is 9.90 Å². The number of carboxylic acid groups (broad SMARTS) is 1. The van der Waals surface area contributed by atoms with E-state index in [9.17, 15) is 4.79 Å². The van der Waals surface area contributed by atoms with Crippen molar-refractivity contribution in [2.75, 3.05) is 5.75 Å². The lowest BCUT2D eigenvalue weighted by Crippen LogP contribution is -1.96. The molecule has 0 aliphatic heterocycles. The second kappa shape index (κ2) is 4.67. The van der Waals surface area contributed by atoms with Crippen LogP contribution in [-0.2, 0) is 4.79 Å². The molecule has 0 saturated heterocycles. The molecule has 2 aromatic rings. The summed E-state index contributed by atoms with van der Waals surface area (Å²) in [6, 6.07) is 5.92. The van der Waals surface area contributed by atoms with E-state index in [1.54, 1.807) is 11.3 Å². The van der Waals surface area contributed by atoms with E-state index < -0.39 is 5.97 Å². The minimum Gasteiger partial charge on any atom is -0.481 e. The monoisotopic (exact) mass is 351 g/mol. The van der Waals surface area contributed by atoms with Crippen LogP contribution in [0.3, 0.4) is 0 Å². The number of hydrogen-bond acceptors (Lipinski definition) is 4. The summed E-state index contributed by atoms with van der Waals surface area (Å²) in [5, 5.41) is 8.56. The van der Waals surface area contributed by atoms with E-state index in [-0.39, 0.29) is 5.75 Å². The van der Waals surface area contributed by atoms with E-state index in [0.29, 0.717) is 0 Å². The lowest BCUT2D eigenvalue weighted by atomic mass is 10.3. The van der Waals surface area contributed by atoms with Crippen molar-refractivity contribution in [2.24, 2.45) is 0 Å². The normalized spacial score (nSPS) is 10.7. The summed E-state index contributed by atoms with van der Waals surface area (Å²) < 4.78 is 3.10. The number of nitrogens with zero attached hydrogens (tertiary/aromatic N) is 1. The van der Waals surface area contributed by atoms with Gasteiger partial charge in [0.1, 0.15) is 0 Å². The van der Waals surface area contributed by atoms with Gasteiger partial charge in [-0.3, -0.25) is 4.79 Å². The lowest BCUT2D eigenvalue weighted by Gasteiger charge is -1.88. The maximum absolute atomic E-state index is 10.4. The first kappa shape index (κ1) is 11.2. The molecule has 1 aromatic heterocycles. The number of rotatable bonds is 3. The fraction of sp³-hybridized carbons (Fsp3) is 0.111. The molecule has 1 aromatic carbocycles. The molecule has 0 saturated carbocycles. The Morgan fingerprint density at radius 3 is 3.07 bits per heavy atom. The molecule has 0 bridgehead atoms. The summed E-state index contributed by atoms with van der Waals surface area (Å²) in [6.07, 6.45) is 0. The Labute approximate surface area is 108 Å². The predicted molar refractivity (Wildman–Crippen MR) is 70.7 cm³/mol. The molecule has 6 heteroatoms. The molecular formula is C9H6INO2S2. The van der Waals surface area contributed by atoms with Gasteiger partial charge in [0.05, 0.1) is 16.0 Å². The van der Waals surface area contributed by atoms with Gasteiger partial charge in [0.2, 0.25) is 0 Å². The number of aromatic nitrogens is 1. The Kier molecular flexibility index (Phi) is 3.47. The van der Waals surface area contributed by atoms with E-state index in [2.05, 4.69) is 27.6 Å². The maximum atomic E-state index is 10.4. The van der Waals surface area contributed by atoms with Crippen LogP contribution in [0.5, 0.6) is 0 Å². The van der Waals surface area contributed by atoms with Gasteiger partial charge < -0.3 is 5.11 Å². The second-order valence-electron chi connectivity index (χ2n) is 2.75. The predicted octanol–water partition coefficient (Wildman–Crippen LogP) is 3.08. The lowest BCUT2D eigenvalue weighted by molar-refractivity contribution is -0.133. The molecule has 0 spiro atoms. The summed E-state index contributed by atoms with van der Waals surface area (Å²) in [5.74, 6) is -0.745. The van der Waals surface area contributed by atoms with Crippen LogP contribution < -0.4 is 0 Å². The van der Waals surface area contributed by atoms with E-state index in [4.69, 9.17) is 5.11 Å². The first-order chi connectivity index (χ1) is 7.16. The number of fused-ring (bicyclic) bond motifs is 1. The molecule has 15 heavy (non-hydrogen) atoms. The van der Waals surface area contributed by atoms with Gasteiger partial charge in [-0.1, -0.05) is 17.8 Å². The first-order valence-corrected chi connectivity index (χ1v) is 6.94. The number of aliphatic carboxylic acids is 1. The van der Waals surface area contributed by atoms with E-state index in [0.717, 1.165) is 18.1 Å². The minimum absolute atomic E-state index is 0.0659. The zero-order valence-electron chi connectivity index (χ0n) is 7.44. The van der Waals surface area contributed by atoms with Crippen LogP contribution in [0, 0.1) is 3.57 Å². The van der Waals surface area contributed by atoms with Gasteiger partial charge in [0.25, 0.3) is 0 Å². The van der Waals surface area contributed by atoms with Crippen molar-refractivity contribution in [2.45, 2.75) is 4.34 Å². The van der Waals surface area contributed by atoms with E-state index in [1.807, 2.05) is 18.2 Å². The van der Waals surface area contributed by atoms with Crippen molar-refractivity contribution in [1.82, 2.24) is 4.98 Å². The first-order valence-electron chi connectivity index (χ1n) is 4.06. The van der Waals surface area contributed by atoms with Crippen molar-refractivity contribution in [3.63, 3.8) is 0 Å². The Balaban J connectivity index is 2.31. The summed E-state index contributed by atoms with van der Waals surface area (Å²) in [4.78, 5) is 14.8. The van der Waals surface area contributed by atoms with Gasteiger partial charge in [-0.2, -0.15) is 0 Å². The smallest absolute Gasteiger partial charge is 0.313 e. The van der Waals surface area contributed by atoms with Crippen LogP contribution in [0.25, 0.3) is 10.2 Å². The SMILES string of the molecule is O=C(O)CSc1nc2cccc(I)c2s1. The van der Waals surface area contributed by atoms with E-state index in [1.165, 1.54) is 11.8 Å². The zero-order chi connectivity index (χ0) is 10.8. The molecule has 0 atom stereocenters. The summed E-state index contributed by atoms with van der Waals surface area (Å²) in [7, 11) is 0. The molecule has 3 nitrogen and oxygen atoms in total. The fourth-order valence-corrected chi connectivity index (χ4v) is 3.67. The van der Waals surface area contributed by atoms with Gasteiger partial charge in [0.15, 0.2) is 4.34 Å². The van der Waals surface area contributed by atoms with Crippen molar-refractivity contribution in [3.8, 4) is 0 Å². The summed E-state index contributed by atoms with van der Waals surface area (Å²) in [6.45, 7) is 0. The van der Waals surface area contributed by atoms with Gasteiger partial charge in [0, 0.05) is 3.57 Å². The van der Waals surface area contributed by atoms with Crippen LogP contribution >= 0.6 is 45.7 Å². The van der Waals surface area contributed by atoms with Crippen LogP contribution in [-0.4, -0.2) is 21.8 Å². The molecule has 1 heterocycles. The number of hydrogen-bond donors (Lipinski definition) is 1. The molecule has 0 amide bonds. The largest absolute Gasteiger partial charge is 0.481 e. The Hall–Kier alpha value is -0.340. The number of thioether (sulfide) groups is 1. The van der Waals surface area contributed by atoms with E-state index >= 15 is 0 Å². The summed E-state index contributed by atoms with van der Waals surface area (Å²) in [5.41, 5.74) is 0.944. The van der Waals surface area contributed by atoms with Gasteiger partial charge in [-0.05, 0) is 34.7 Å². The fourth-order valence-electron chi connectivity index (χ4n) is 1.08. The van der Waals surface area contributed by atoms with Gasteiger partial charge in [-0.15, -0.1) is 11.3 Å². The van der Waals surface area contributed by atoms with Crippen molar-refractivity contribution >= 4 is 61.9 Å². The number of benzene rings is 1. The molecule has 1 N–H and O–H groups in total. The molecule has 0 fully saturated rings. The van der Waals surface area contributed by atoms with Gasteiger partial charge in [-0.25, -0.2) is 4.98 Å². The second-order valence-corrected chi connectivity index (χ2v) is 6.13. The van der Waals surface area contributed by atoms with Crippen LogP contribution in [0.2, 0.25) is 0 Å². The third-order valence-electron chi connectivity index (χ3n) is 1.67. The minimum atomic E-state index is -0.811. The maximum Gasteiger partial charge on any atom is 0.313 e. The number of halogens is 1. The molecule has 78 valence electrons. The highest BCUT2D eigenvalue weighted by molar-refractivity contribution is 14.1. The van der Waals surface area contributed by atoms with Crippen molar-refractivity contribution in [3.05, 3.63) is 21.8 Å². The molecular weight excluding hydrogens is 345 g/mol. The topological polar surface area (TPSA) is 50.2 Å². The molecule has 2 rings (SSSR count). The number of carbonyl (C=O) groups is 1. The molecule has 0 unspecified atom stereocenters. The third-order valence-corrected chi connectivity index (χ3v) is 5.16. The highest BCUT2D eigenvalue weighted by Gasteiger charge is 2.08. The quantitative estimate of drug-likeness (QED) is 0.682. The standard InChI is InChI=1S/C9H6INO2S2/c10-5-2-1-3-6-8(5)15-9(11-6)14-4-7(12)13/h1-3H,4H2,(H,12,13). The Morgan fingerprint density at radius 1 is 1.60 bits per heavy atom. The summed E-state index contributed by atoms with van der Waals surface area (Å²) >= 11 is 5.07. The van der Waals surface area contributed by atoms with Crippen LogP contribution in [0.1, 0.15) is 0 Å². The highest BCUT2D eigenvalue weighted by atomic mass is 127. The number of carboxylic acids is 1. The zero-order valence-corrected chi connectivity index (χ0v) is 11.2.